The van der Waals surface area contributed by atoms with Crippen LogP contribution in [-0.2, 0) is 14.4 Å². The molecule has 1 aromatic carbocycles. The Morgan fingerprint density at radius 2 is 1.52 bits per heavy atom. The minimum absolute atomic E-state index is 0.247. The van der Waals surface area contributed by atoms with E-state index < -0.39 is 41.5 Å². The number of hydrogen-bond acceptors (Lipinski definition) is 5. The summed E-state index contributed by atoms with van der Waals surface area (Å²) in [6.07, 6.45) is 0. The fourth-order valence-corrected chi connectivity index (χ4v) is 1.64. The summed E-state index contributed by atoms with van der Waals surface area (Å²) in [5, 5.41) is 5.75. The number of hydrazine groups is 1. The Bertz CT molecular complexity index is 670. The standard InChI is InChI=1S/C12H10FN5O5/c13-5-1-3-6(4-2-5)14-12(23)18-17-10(21)7-8(19)15-11(22)16-9(7)20/h1-4,7H,(H,17,21)(H2,14,18,23)(H2,15,16,19,20,22). The van der Waals surface area contributed by atoms with E-state index in [9.17, 15) is 28.4 Å². The number of urea groups is 2. The average molecular weight is 323 g/mol. The van der Waals surface area contributed by atoms with Crippen LogP contribution in [0.15, 0.2) is 24.3 Å². The summed E-state index contributed by atoms with van der Waals surface area (Å²) in [4.78, 5) is 56.9. The molecule has 23 heavy (non-hydrogen) atoms. The molecule has 1 aliphatic rings. The van der Waals surface area contributed by atoms with E-state index in [0.29, 0.717) is 0 Å². The molecule has 7 amide bonds. The molecule has 11 heteroatoms. The van der Waals surface area contributed by atoms with E-state index in [2.05, 4.69) is 5.32 Å². The lowest BCUT2D eigenvalue weighted by Crippen LogP contribution is -2.61. The number of carbonyl (C=O) groups is 5. The Labute approximate surface area is 127 Å². The Kier molecular flexibility index (Phi) is 4.50. The lowest BCUT2D eigenvalue weighted by molar-refractivity contribution is -0.143. The van der Waals surface area contributed by atoms with Crippen molar-refractivity contribution >= 4 is 35.5 Å². The lowest BCUT2D eigenvalue weighted by atomic mass is 10.1. The van der Waals surface area contributed by atoms with Crippen molar-refractivity contribution in [3.05, 3.63) is 30.1 Å². The normalized spacial score (nSPS) is 14.6. The summed E-state index contributed by atoms with van der Waals surface area (Å²) in [5.41, 5.74) is 4.01. The minimum Gasteiger partial charge on any atom is -0.307 e. The van der Waals surface area contributed by atoms with Gasteiger partial charge in [0.2, 0.25) is 11.8 Å². The SMILES string of the molecule is O=C1NC(=O)C(C(=O)NNC(=O)Nc2ccc(F)cc2)C(=O)N1. The van der Waals surface area contributed by atoms with Crippen LogP contribution >= 0.6 is 0 Å². The molecule has 1 heterocycles. The van der Waals surface area contributed by atoms with E-state index in [-0.39, 0.29) is 5.69 Å². The Hall–Kier alpha value is -3.50. The van der Waals surface area contributed by atoms with E-state index in [1.807, 2.05) is 10.9 Å². The zero-order valence-corrected chi connectivity index (χ0v) is 11.3. The van der Waals surface area contributed by atoms with Crippen molar-refractivity contribution in [2.75, 3.05) is 5.32 Å². The van der Waals surface area contributed by atoms with Gasteiger partial charge in [0.1, 0.15) is 5.82 Å². The zero-order chi connectivity index (χ0) is 17.0. The molecular formula is C12H10FN5O5. The van der Waals surface area contributed by atoms with Gasteiger partial charge in [0.15, 0.2) is 5.92 Å². The molecule has 0 aromatic heterocycles. The second-order valence-corrected chi connectivity index (χ2v) is 4.32. The second kappa shape index (κ2) is 6.51. The maximum absolute atomic E-state index is 12.7. The van der Waals surface area contributed by atoms with Gasteiger partial charge in [-0.05, 0) is 24.3 Å². The first-order valence-corrected chi connectivity index (χ1v) is 6.15. The van der Waals surface area contributed by atoms with Gasteiger partial charge in [-0.15, -0.1) is 0 Å². The van der Waals surface area contributed by atoms with E-state index in [1.165, 1.54) is 12.1 Å². The van der Waals surface area contributed by atoms with Crippen molar-refractivity contribution in [2.45, 2.75) is 0 Å². The fourth-order valence-electron chi connectivity index (χ4n) is 1.64. The van der Waals surface area contributed by atoms with Gasteiger partial charge >= 0.3 is 12.1 Å². The number of benzene rings is 1. The first-order valence-electron chi connectivity index (χ1n) is 6.15. The van der Waals surface area contributed by atoms with Gasteiger partial charge in [-0.25, -0.2) is 19.4 Å². The maximum Gasteiger partial charge on any atom is 0.337 e. The molecular weight excluding hydrogens is 313 g/mol. The van der Waals surface area contributed by atoms with Crippen molar-refractivity contribution in [1.29, 1.82) is 0 Å². The van der Waals surface area contributed by atoms with Crippen molar-refractivity contribution < 1.29 is 28.4 Å². The van der Waals surface area contributed by atoms with Crippen LogP contribution in [0.1, 0.15) is 0 Å². The highest BCUT2D eigenvalue weighted by molar-refractivity contribution is 6.26. The zero-order valence-electron chi connectivity index (χ0n) is 11.3. The number of hydrogen-bond donors (Lipinski definition) is 5. The monoisotopic (exact) mass is 323 g/mol. The smallest absolute Gasteiger partial charge is 0.307 e. The van der Waals surface area contributed by atoms with Gasteiger partial charge in [0.05, 0.1) is 0 Å². The average Bonchev–Trinajstić information content (AvgIpc) is 2.46. The highest BCUT2D eigenvalue weighted by Crippen LogP contribution is 2.07. The molecule has 1 aliphatic heterocycles. The van der Waals surface area contributed by atoms with Gasteiger partial charge in [-0.3, -0.25) is 30.4 Å². The van der Waals surface area contributed by atoms with Crippen LogP contribution in [0.4, 0.5) is 19.7 Å². The molecule has 120 valence electrons. The largest absolute Gasteiger partial charge is 0.337 e. The molecule has 0 atom stereocenters. The number of amides is 7. The van der Waals surface area contributed by atoms with Crippen molar-refractivity contribution in [3.63, 3.8) is 0 Å². The summed E-state index contributed by atoms with van der Waals surface area (Å²) >= 11 is 0. The molecule has 10 nitrogen and oxygen atoms in total. The quantitative estimate of drug-likeness (QED) is 0.349. The highest BCUT2D eigenvalue weighted by atomic mass is 19.1. The third-order valence-corrected chi connectivity index (χ3v) is 2.66. The maximum atomic E-state index is 12.7. The summed E-state index contributed by atoms with van der Waals surface area (Å²) in [6, 6.07) is 2.86. The molecule has 0 spiro atoms. The molecule has 0 saturated carbocycles. The molecule has 1 fully saturated rings. The fraction of sp³-hybridized carbons (Fsp3) is 0.0833. The Balaban J connectivity index is 1.87. The van der Waals surface area contributed by atoms with Crippen molar-refractivity contribution in [1.82, 2.24) is 21.5 Å². The number of imide groups is 2. The van der Waals surface area contributed by atoms with Crippen LogP contribution in [0.2, 0.25) is 0 Å². The third kappa shape index (κ3) is 4.00. The van der Waals surface area contributed by atoms with E-state index in [1.54, 1.807) is 10.6 Å². The lowest BCUT2D eigenvalue weighted by Gasteiger charge is -2.20. The van der Waals surface area contributed by atoms with Crippen LogP contribution in [0.3, 0.4) is 0 Å². The Morgan fingerprint density at radius 1 is 0.957 bits per heavy atom. The molecule has 1 aromatic rings. The topological polar surface area (TPSA) is 146 Å². The number of halogens is 1. The predicted octanol–water partition coefficient (Wildman–Crippen LogP) is -1.04. The highest BCUT2D eigenvalue weighted by Gasteiger charge is 2.40. The van der Waals surface area contributed by atoms with Gasteiger partial charge in [-0.1, -0.05) is 0 Å². The number of carbonyl (C=O) groups excluding carboxylic acids is 5. The molecule has 0 radical (unpaired) electrons. The molecule has 1 saturated heterocycles. The number of nitrogens with one attached hydrogen (secondary N) is 5. The first kappa shape index (κ1) is 15.9. The second-order valence-electron chi connectivity index (χ2n) is 4.32. The number of rotatable bonds is 2. The van der Waals surface area contributed by atoms with Crippen LogP contribution in [0.25, 0.3) is 0 Å². The van der Waals surface area contributed by atoms with Crippen LogP contribution in [0.5, 0.6) is 0 Å². The molecule has 0 unspecified atom stereocenters. The summed E-state index contributed by atoms with van der Waals surface area (Å²) in [7, 11) is 0. The van der Waals surface area contributed by atoms with E-state index in [4.69, 9.17) is 0 Å². The summed E-state index contributed by atoms with van der Waals surface area (Å²) in [6.45, 7) is 0. The van der Waals surface area contributed by atoms with Crippen LogP contribution < -0.4 is 26.8 Å². The molecule has 0 aliphatic carbocycles. The molecule has 0 bridgehead atoms. The van der Waals surface area contributed by atoms with Crippen molar-refractivity contribution in [2.24, 2.45) is 5.92 Å². The first-order chi connectivity index (χ1) is 10.9. The minimum atomic E-state index is -1.82. The van der Waals surface area contributed by atoms with Crippen LogP contribution in [-0.4, -0.2) is 29.8 Å². The van der Waals surface area contributed by atoms with Gasteiger partial charge < -0.3 is 5.32 Å². The molecule has 2 rings (SSSR count). The third-order valence-electron chi connectivity index (χ3n) is 2.66. The summed E-state index contributed by atoms with van der Waals surface area (Å²) in [5.74, 6) is -5.68. The van der Waals surface area contributed by atoms with Crippen LogP contribution in [0, 0.1) is 11.7 Å². The number of barbiturate groups is 1. The molecule has 5 N–H and O–H groups in total. The van der Waals surface area contributed by atoms with Gasteiger partial charge in [0.25, 0.3) is 5.91 Å². The van der Waals surface area contributed by atoms with Gasteiger partial charge in [0, 0.05) is 5.69 Å². The predicted molar refractivity (Wildman–Crippen MR) is 71.9 cm³/mol. The van der Waals surface area contributed by atoms with Crippen molar-refractivity contribution in [3.8, 4) is 0 Å². The van der Waals surface area contributed by atoms with Gasteiger partial charge in [-0.2, -0.15) is 0 Å². The number of anilines is 1. The summed E-state index contributed by atoms with van der Waals surface area (Å²) < 4.78 is 12.7. The van der Waals surface area contributed by atoms with E-state index in [0.717, 1.165) is 12.1 Å². The van der Waals surface area contributed by atoms with E-state index >= 15 is 0 Å². The Morgan fingerprint density at radius 3 is 2.09 bits per heavy atom.